The quantitative estimate of drug-likeness (QED) is 0.0373. The Labute approximate surface area is 572 Å². The monoisotopic (exact) mass is 1280 g/mol. The lowest BCUT2D eigenvalue weighted by molar-refractivity contribution is -0.161. The summed E-state index contributed by atoms with van der Waals surface area (Å²) in [5.74, 6) is -0.576. The molecule has 92 heavy (non-hydrogen) atoms. The van der Waals surface area contributed by atoms with Gasteiger partial charge in [0, 0.05) is 12.8 Å². The van der Waals surface area contributed by atoms with Gasteiger partial charge in [0.25, 0.3) is 0 Å². The molecule has 0 aliphatic heterocycles. The summed E-state index contributed by atoms with van der Waals surface area (Å²) in [6.45, 7) is 3.95. The lowest BCUT2D eigenvalue weighted by Crippen LogP contribution is -2.28. The Bertz CT molecular complexity index is 1840. The Morgan fingerprint density at radius 1 is 0.250 bits per heavy atom. The molecule has 0 saturated heterocycles. The molecule has 0 aliphatic carbocycles. The summed E-state index contributed by atoms with van der Waals surface area (Å²) in [5, 5.41) is 9.73. The number of aliphatic hydroxyl groups is 1. The van der Waals surface area contributed by atoms with Crippen molar-refractivity contribution in [3.8, 4) is 0 Å². The van der Waals surface area contributed by atoms with Gasteiger partial charge in [-0.25, -0.2) is 0 Å². The molecule has 0 bridgehead atoms. The van der Waals surface area contributed by atoms with E-state index in [1.165, 1.54) is 250 Å². The van der Waals surface area contributed by atoms with Crippen molar-refractivity contribution in [2.45, 2.75) is 392 Å². The van der Waals surface area contributed by atoms with Crippen molar-refractivity contribution >= 4 is 11.9 Å². The highest BCUT2D eigenvalue weighted by atomic mass is 16.6. The number of allylic oxidation sites excluding steroid dienone is 22. The third kappa shape index (κ3) is 78.5. The topological polar surface area (TPSA) is 72.8 Å². The second-order valence-corrected chi connectivity index (χ2v) is 26.4. The van der Waals surface area contributed by atoms with Crippen LogP contribution in [0.2, 0.25) is 0 Å². The maximum atomic E-state index is 12.4. The summed E-state index contributed by atoms with van der Waals surface area (Å²) < 4.78 is 10.8. The molecular formula is C87H150O5. The van der Waals surface area contributed by atoms with Gasteiger partial charge in [-0.2, -0.15) is 0 Å². The molecule has 528 valence electrons. The molecule has 0 aromatic carbocycles. The van der Waals surface area contributed by atoms with E-state index in [9.17, 15) is 14.7 Å². The Morgan fingerprint density at radius 3 is 0.652 bits per heavy atom. The average molecular weight is 1280 g/mol. The second-order valence-electron chi connectivity index (χ2n) is 26.4. The first-order chi connectivity index (χ1) is 45.6. The van der Waals surface area contributed by atoms with Crippen LogP contribution in [0.5, 0.6) is 0 Å². The SMILES string of the molecule is CC/C=C\C/C=C\C/C=C\C/C=C\C/C=C\C/C=C\C/C=C\CCCCCCCCCCCCCCCCCC(=O)OC(CO)COC(=O)CCCCCCCCCCCCCCCCCCCCCCCCCCCCCC/C=C\C/C=C\C/C=C\C/C=C\CC. The van der Waals surface area contributed by atoms with Crippen molar-refractivity contribution in [1.29, 1.82) is 0 Å². The van der Waals surface area contributed by atoms with Gasteiger partial charge in [-0.1, -0.05) is 398 Å². The van der Waals surface area contributed by atoms with Gasteiger partial charge in [-0.05, 0) is 109 Å². The molecule has 0 radical (unpaired) electrons. The molecule has 0 rings (SSSR count). The molecular weight excluding hydrogens is 1120 g/mol. The van der Waals surface area contributed by atoms with E-state index in [0.717, 1.165) is 109 Å². The van der Waals surface area contributed by atoms with Crippen LogP contribution in [0.25, 0.3) is 0 Å². The van der Waals surface area contributed by atoms with Crippen LogP contribution in [0.1, 0.15) is 386 Å². The number of rotatable bonds is 73. The molecule has 0 aromatic heterocycles. The molecule has 0 fully saturated rings. The fraction of sp³-hybridized carbons (Fsp3) is 0.724. The zero-order valence-corrected chi connectivity index (χ0v) is 60.8. The van der Waals surface area contributed by atoms with E-state index >= 15 is 0 Å². The summed E-state index contributed by atoms with van der Waals surface area (Å²) in [6.07, 6.45) is 121. The predicted molar refractivity (Wildman–Crippen MR) is 408 cm³/mol. The van der Waals surface area contributed by atoms with Gasteiger partial charge in [-0.3, -0.25) is 9.59 Å². The third-order valence-corrected chi connectivity index (χ3v) is 17.4. The minimum Gasteiger partial charge on any atom is -0.462 e. The number of aliphatic hydroxyl groups excluding tert-OH is 1. The van der Waals surface area contributed by atoms with Crippen molar-refractivity contribution in [2.24, 2.45) is 0 Å². The Balaban J connectivity index is 3.42. The molecule has 1 N–H and O–H groups in total. The van der Waals surface area contributed by atoms with E-state index in [1.54, 1.807) is 0 Å². The smallest absolute Gasteiger partial charge is 0.306 e. The Kier molecular flexibility index (Phi) is 77.8. The highest BCUT2D eigenvalue weighted by molar-refractivity contribution is 5.70. The summed E-state index contributed by atoms with van der Waals surface area (Å²) in [6, 6.07) is 0. The van der Waals surface area contributed by atoms with Gasteiger partial charge in [0.2, 0.25) is 0 Å². The van der Waals surface area contributed by atoms with Crippen LogP contribution in [0.3, 0.4) is 0 Å². The van der Waals surface area contributed by atoms with Gasteiger partial charge in [0.05, 0.1) is 6.61 Å². The first-order valence-electron chi connectivity index (χ1n) is 39.7. The Morgan fingerprint density at radius 2 is 0.435 bits per heavy atom. The van der Waals surface area contributed by atoms with Gasteiger partial charge < -0.3 is 14.6 Å². The van der Waals surface area contributed by atoms with E-state index in [1.807, 2.05) is 0 Å². The lowest BCUT2D eigenvalue weighted by Gasteiger charge is -2.15. The van der Waals surface area contributed by atoms with Gasteiger partial charge in [0.15, 0.2) is 6.10 Å². The van der Waals surface area contributed by atoms with E-state index in [2.05, 4.69) is 148 Å². The van der Waals surface area contributed by atoms with Crippen LogP contribution in [-0.4, -0.2) is 36.4 Å². The zero-order valence-electron chi connectivity index (χ0n) is 60.8. The molecule has 0 saturated carbocycles. The predicted octanol–water partition coefficient (Wildman–Crippen LogP) is 28.2. The number of hydrogen-bond donors (Lipinski definition) is 1. The number of unbranched alkanes of at least 4 members (excludes halogenated alkanes) is 43. The average Bonchev–Trinajstić information content (AvgIpc) is 3.70. The fourth-order valence-corrected chi connectivity index (χ4v) is 11.6. The van der Waals surface area contributed by atoms with Crippen molar-refractivity contribution in [3.63, 3.8) is 0 Å². The minimum absolute atomic E-state index is 0.0656. The molecule has 5 heteroatoms. The summed E-state index contributed by atoms with van der Waals surface area (Å²) in [4.78, 5) is 24.7. The normalized spacial score (nSPS) is 12.9. The number of hydrogen-bond acceptors (Lipinski definition) is 5. The summed E-state index contributed by atoms with van der Waals surface area (Å²) in [5.41, 5.74) is 0. The minimum atomic E-state index is -0.778. The van der Waals surface area contributed by atoms with Crippen molar-refractivity contribution in [2.75, 3.05) is 13.2 Å². The van der Waals surface area contributed by atoms with Gasteiger partial charge in [-0.15, -0.1) is 0 Å². The molecule has 0 spiro atoms. The number of carbonyl (C=O) groups excluding carboxylic acids is 2. The van der Waals surface area contributed by atoms with Crippen LogP contribution in [0, 0.1) is 0 Å². The van der Waals surface area contributed by atoms with Crippen molar-refractivity contribution in [1.82, 2.24) is 0 Å². The summed E-state index contributed by atoms with van der Waals surface area (Å²) in [7, 11) is 0. The number of esters is 2. The third-order valence-electron chi connectivity index (χ3n) is 17.4. The highest BCUT2D eigenvalue weighted by Crippen LogP contribution is 2.19. The van der Waals surface area contributed by atoms with Gasteiger partial charge >= 0.3 is 11.9 Å². The molecule has 1 atom stereocenters. The van der Waals surface area contributed by atoms with Crippen molar-refractivity contribution < 1.29 is 24.2 Å². The van der Waals surface area contributed by atoms with Crippen LogP contribution >= 0.6 is 0 Å². The van der Waals surface area contributed by atoms with E-state index in [0.29, 0.717) is 12.8 Å². The fourth-order valence-electron chi connectivity index (χ4n) is 11.6. The maximum Gasteiger partial charge on any atom is 0.306 e. The van der Waals surface area contributed by atoms with Crippen molar-refractivity contribution in [3.05, 3.63) is 134 Å². The maximum absolute atomic E-state index is 12.4. The number of carbonyl (C=O) groups is 2. The second kappa shape index (κ2) is 81.3. The first-order valence-corrected chi connectivity index (χ1v) is 39.7. The largest absolute Gasteiger partial charge is 0.462 e. The van der Waals surface area contributed by atoms with Crippen LogP contribution in [0.4, 0.5) is 0 Å². The molecule has 0 heterocycles. The van der Waals surface area contributed by atoms with E-state index < -0.39 is 6.10 Å². The highest BCUT2D eigenvalue weighted by Gasteiger charge is 2.16. The van der Waals surface area contributed by atoms with E-state index in [-0.39, 0.29) is 25.2 Å². The summed E-state index contributed by atoms with van der Waals surface area (Å²) >= 11 is 0. The first kappa shape index (κ1) is 88.0. The van der Waals surface area contributed by atoms with Crippen LogP contribution in [0.15, 0.2) is 134 Å². The number of ether oxygens (including phenoxy) is 2. The molecule has 0 aromatic rings. The zero-order chi connectivity index (χ0) is 66.1. The molecule has 1 unspecified atom stereocenters. The van der Waals surface area contributed by atoms with E-state index in [4.69, 9.17) is 9.47 Å². The molecule has 5 nitrogen and oxygen atoms in total. The van der Waals surface area contributed by atoms with Gasteiger partial charge in [0.1, 0.15) is 6.61 Å². The molecule has 0 aliphatic rings. The molecule has 0 amide bonds. The van der Waals surface area contributed by atoms with Crippen LogP contribution in [-0.2, 0) is 19.1 Å². The standard InChI is InChI=1S/C87H150O5/c1-3-5-7-9-11-13-15-17-19-21-23-25-27-29-31-33-35-37-39-41-42-43-44-46-47-49-51-53-55-57-59-61-63-65-67-69-71-73-75-77-79-81-86(89)91-84-85(83-88)92-87(90)82-80-78-76-74-72-70-68-66-64-62-60-58-56-54-52-50-48-45-40-38-36-34-32-30-28-26-24-22-20-18-16-14-12-10-8-6-4-2/h5-8,11-14,17-20,23-26,30,32,36,38,45,48,85,88H,3-4,9-10,15-16,21-22,27-29,31,33-35,37,39-44,46-47,49-84H2,1-2H3/b7-5-,8-6-,13-11-,14-12-,19-17-,20-18-,25-23-,26-24-,32-30-,38-36-,48-45-. The van der Waals surface area contributed by atoms with Crippen LogP contribution < -0.4 is 0 Å². The lowest BCUT2D eigenvalue weighted by atomic mass is 10.0. The Hall–Kier alpha value is -3.96.